The molecule has 2 aromatic rings. The van der Waals surface area contributed by atoms with Crippen LogP contribution in [-0.4, -0.2) is 5.91 Å². The SMILES string of the molecule is O=C(Nc1ccc(Br)cc1I)c1ccccc1Cl. The Hall–Kier alpha value is -0.590. The van der Waals surface area contributed by atoms with Crippen molar-refractivity contribution in [3.8, 4) is 0 Å². The molecule has 0 radical (unpaired) electrons. The molecule has 0 aromatic heterocycles. The van der Waals surface area contributed by atoms with E-state index in [0.717, 1.165) is 13.7 Å². The highest BCUT2D eigenvalue weighted by Crippen LogP contribution is 2.24. The Kier molecular flexibility index (Phi) is 4.64. The molecule has 0 fully saturated rings. The minimum absolute atomic E-state index is 0.208. The first-order valence-electron chi connectivity index (χ1n) is 5.09. The topological polar surface area (TPSA) is 29.1 Å². The minimum Gasteiger partial charge on any atom is -0.321 e. The van der Waals surface area contributed by atoms with Gasteiger partial charge in [-0.05, 0) is 52.9 Å². The fourth-order valence-electron chi connectivity index (χ4n) is 1.43. The monoisotopic (exact) mass is 435 g/mol. The van der Waals surface area contributed by atoms with Crippen LogP contribution in [0, 0.1) is 3.57 Å². The molecule has 0 aliphatic heterocycles. The number of amides is 1. The van der Waals surface area contributed by atoms with E-state index in [0.29, 0.717) is 10.6 Å². The second-order valence-corrected chi connectivity index (χ2v) is 6.04. The van der Waals surface area contributed by atoms with Gasteiger partial charge in [0.2, 0.25) is 0 Å². The van der Waals surface area contributed by atoms with Crippen LogP contribution in [0.15, 0.2) is 46.9 Å². The number of anilines is 1. The Morgan fingerprint density at radius 3 is 2.61 bits per heavy atom. The van der Waals surface area contributed by atoms with Crippen LogP contribution in [0.1, 0.15) is 10.4 Å². The van der Waals surface area contributed by atoms with Crippen molar-refractivity contribution in [3.63, 3.8) is 0 Å². The van der Waals surface area contributed by atoms with E-state index in [4.69, 9.17) is 11.6 Å². The van der Waals surface area contributed by atoms with Crippen LogP contribution in [0.25, 0.3) is 0 Å². The molecule has 0 spiro atoms. The molecule has 0 bridgehead atoms. The van der Waals surface area contributed by atoms with Gasteiger partial charge in [0.15, 0.2) is 0 Å². The number of halogens is 3. The summed E-state index contributed by atoms with van der Waals surface area (Å²) in [5, 5.41) is 3.29. The van der Waals surface area contributed by atoms with Crippen molar-refractivity contribution in [1.82, 2.24) is 0 Å². The zero-order valence-electron chi connectivity index (χ0n) is 9.08. The predicted molar refractivity (Wildman–Crippen MR) is 86.3 cm³/mol. The average Bonchev–Trinajstić information content (AvgIpc) is 2.33. The largest absolute Gasteiger partial charge is 0.321 e. The van der Waals surface area contributed by atoms with Crippen molar-refractivity contribution in [2.75, 3.05) is 5.32 Å². The molecule has 0 aliphatic rings. The summed E-state index contributed by atoms with van der Waals surface area (Å²) in [5.74, 6) is -0.208. The second-order valence-electron chi connectivity index (χ2n) is 3.56. The van der Waals surface area contributed by atoms with Gasteiger partial charge in [-0.1, -0.05) is 39.7 Å². The zero-order valence-corrected chi connectivity index (χ0v) is 13.6. The van der Waals surface area contributed by atoms with Crippen molar-refractivity contribution in [2.24, 2.45) is 0 Å². The van der Waals surface area contributed by atoms with Crippen LogP contribution in [0.5, 0.6) is 0 Å². The lowest BCUT2D eigenvalue weighted by Gasteiger charge is -2.08. The van der Waals surface area contributed by atoms with Crippen LogP contribution in [0.4, 0.5) is 5.69 Å². The molecule has 0 aliphatic carbocycles. The highest BCUT2D eigenvalue weighted by molar-refractivity contribution is 14.1. The number of nitrogens with one attached hydrogen (secondary N) is 1. The van der Waals surface area contributed by atoms with E-state index in [9.17, 15) is 4.79 Å². The summed E-state index contributed by atoms with van der Waals surface area (Å²) in [4.78, 5) is 12.1. The van der Waals surface area contributed by atoms with Gasteiger partial charge in [0.1, 0.15) is 0 Å². The molecule has 0 saturated carbocycles. The molecule has 0 atom stereocenters. The highest BCUT2D eigenvalue weighted by atomic mass is 127. The molecule has 2 aromatic carbocycles. The summed E-state index contributed by atoms with van der Waals surface area (Å²) in [6.07, 6.45) is 0. The molecule has 18 heavy (non-hydrogen) atoms. The van der Waals surface area contributed by atoms with Crippen molar-refractivity contribution in [2.45, 2.75) is 0 Å². The Bertz CT molecular complexity index is 603. The number of benzene rings is 2. The average molecular weight is 436 g/mol. The van der Waals surface area contributed by atoms with E-state index in [2.05, 4.69) is 43.8 Å². The standard InChI is InChI=1S/C13H8BrClINO/c14-8-5-6-12(11(16)7-8)17-13(18)9-3-1-2-4-10(9)15/h1-7H,(H,17,18). The summed E-state index contributed by atoms with van der Waals surface area (Å²) in [6, 6.07) is 12.6. The van der Waals surface area contributed by atoms with Crippen molar-refractivity contribution >= 4 is 61.7 Å². The van der Waals surface area contributed by atoms with E-state index >= 15 is 0 Å². The van der Waals surface area contributed by atoms with Crippen LogP contribution >= 0.6 is 50.1 Å². The van der Waals surface area contributed by atoms with Crippen LogP contribution in [0.2, 0.25) is 5.02 Å². The van der Waals surface area contributed by atoms with Gasteiger partial charge < -0.3 is 5.32 Å². The smallest absolute Gasteiger partial charge is 0.257 e. The van der Waals surface area contributed by atoms with Gasteiger partial charge in [-0.25, -0.2) is 0 Å². The maximum atomic E-state index is 12.1. The van der Waals surface area contributed by atoms with E-state index < -0.39 is 0 Å². The number of hydrogen-bond acceptors (Lipinski definition) is 1. The van der Waals surface area contributed by atoms with Crippen LogP contribution < -0.4 is 5.32 Å². The number of carbonyl (C=O) groups is 1. The Morgan fingerprint density at radius 2 is 1.94 bits per heavy atom. The third kappa shape index (κ3) is 3.24. The van der Waals surface area contributed by atoms with Gasteiger partial charge in [0.05, 0.1) is 16.3 Å². The lowest BCUT2D eigenvalue weighted by atomic mass is 10.2. The molecule has 0 heterocycles. The summed E-state index contributed by atoms with van der Waals surface area (Å²) in [6.45, 7) is 0. The molecule has 2 rings (SSSR count). The van der Waals surface area contributed by atoms with Crippen LogP contribution in [-0.2, 0) is 0 Å². The molecular weight excluding hydrogens is 428 g/mol. The van der Waals surface area contributed by atoms with Crippen LogP contribution in [0.3, 0.4) is 0 Å². The van der Waals surface area contributed by atoms with Gasteiger partial charge in [-0.3, -0.25) is 4.79 Å². The van der Waals surface area contributed by atoms with Gasteiger partial charge >= 0.3 is 0 Å². The minimum atomic E-state index is -0.208. The maximum absolute atomic E-state index is 12.1. The summed E-state index contributed by atoms with van der Waals surface area (Å²) in [7, 11) is 0. The predicted octanol–water partition coefficient (Wildman–Crippen LogP) is 4.96. The molecule has 0 saturated heterocycles. The Morgan fingerprint density at radius 1 is 1.22 bits per heavy atom. The third-order valence-electron chi connectivity index (χ3n) is 2.30. The number of rotatable bonds is 2. The molecule has 0 unspecified atom stereocenters. The molecular formula is C13H8BrClINO. The zero-order chi connectivity index (χ0) is 13.1. The van der Waals surface area contributed by atoms with Gasteiger partial charge in [0.25, 0.3) is 5.91 Å². The lowest BCUT2D eigenvalue weighted by molar-refractivity contribution is 0.102. The van der Waals surface area contributed by atoms with E-state index in [-0.39, 0.29) is 5.91 Å². The van der Waals surface area contributed by atoms with Crippen molar-refractivity contribution < 1.29 is 4.79 Å². The summed E-state index contributed by atoms with van der Waals surface area (Å²) >= 11 is 11.5. The highest BCUT2D eigenvalue weighted by Gasteiger charge is 2.11. The van der Waals surface area contributed by atoms with E-state index in [1.807, 2.05) is 18.2 Å². The number of carbonyl (C=O) groups excluding carboxylic acids is 1. The van der Waals surface area contributed by atoms with Gasteiger partial charge in [-0.15, -0.1) is 0 Å². The first-order chi connectivity index (χ1) is 8.58. The van der Waals surface area contributed by atoms with Crippen molar-refractivity contribution in [3.05, 3.63) is 61.1 Å². The maximum Gasteiger partial charge on any atom is 0.257 e. The normalized spacial score (nSPS) is 10.2. The summed E-state index contributed by atoms with van der Waals surface area (Å²) < 4.78 is 1.94. The quantitative estimate of drug-likeness (QED) is 0.663. The van der Waals surface area contributed by atoms with Gasteiger partial charge in [0, 0.05) is 8.04 Å². The summed E-state index contributed by atoms with van der Waals surface area (Å²) in [5.41, 5.74) is 1.24. The fraction of sp³-hybridized carbons (Fsp3) is 0. The molecule has 1 N–H and O–H groups in total. The second kappa shape index (κ2) is 6.04. The third-order valence-corrected chi connectivity index (χ3v) is 4.01. The Balaban J connectivity index is 2.24. The fourth-order valence-corrected chi connectivity index (χ4v) is 3.09. The molecule has 2 nitrogen and oxygen atoms in total. The first-order valence-corrected chi connectivity index (χ1v) is 7.34. The first kappa shape index (κ1) is 13.8. The Labute approximate surface area is 132 Å². The molecule has 1 amide bonds. The molecule has 92 valence electrons. The van der Waals surface area contributed by atoms with Gasteiger partial charge in [-0.2, -0.15) is 0 Å². The number of hydrogen-bond donors (Lipinski definition) is 1. The van der Waals surface area contributed by atoms with E-state index in [1.54, 1.807) is 24.3 Å². The lowest BCUT2D eigenvalue weighted by Crippen LogP contribution is -2.13. The molecule has 5 heteroatoms. The van der Waals surface area contributed by atoms with E-state index in [1.165, 1.54) is 0 Å². The van der Waals surface area contributed by atoms with Crippen molar-refractivity contribution in [1.29, 1.82) is 0 Å².